The molecule has 0 saturated carbocycles. The number of nitrogens with zero attached hydrogens (tertiary/aromatic N) is 1. The summed E-state index contributed by atoms with van der Waals surface area (Å²) >= 11 is 0. The molecule has 1 atom stereocenters. The van der Waals surface area contributed by atoms with E-state index in [1.807, 2.05) is 0 Å². The molecule has 1 saturated heterocycles. The van der Waals surface area contributed by atoms with Gasteiger partial charge in [-0.25, -0.2) is 4.39 Å². The van der Waals surface area contributed by atoms with E-state index < -0.39 is 29.6 Å². The maximum Gasteiger partial charge on any atom is 0.308 e. The third kappa shape index (κ3) is 3.41. The molecule has 0 bridgehead atoms. The Labute approximate surface area is 127 Å². The Hall–Kier alpha value is -2.44. The Balaban J connectivity index is 2.22. The second-order valence-electron chi connectivity index (χ2n) is 4.79. The summed E-state index contributed by atoms with van der Waals surface area (Å²) in [7, 11) is 0. The van der Waals surface area contributed by atoms with Gasteiger partial charge < -0.3 is 15.0 Å². The minimum absolute atomic E-state index is 0.119. The fourth-order valence-corrected chi connectivity index (χ4v) is 2.33. The van der Waals surface area contributed by atoms with E-state index in [0.29, 0.717) is 0 Å². The molecule has 1 fully saturated rings. The van der Waals surface area contributed by atoms with E-state index in [0.717, 1.165) is 0 Å². The topological polar surface area (TPSA) is 75.7 Å². The summed E-state index contributed by atoms with van der Waals surface area (Å²) in [5.41, 5.74) is -0.119. The summed E-state index contributed by atoms with van der Waals surface area (Å²) in [6.07, 6.45) is -0.250. The molecule has 0 aromatic heterocycles. The summed E-state index contributed by atoms with van der Waals surface area (Å²) in [5.74, 6) is -2.28. The highest BCUT2D eigenvalue weighted by molar-refractivity contribution is 5.99. The fraction of sp³-hybridized carbons (Fsp3) is 0.400. The lowest BCUT2D eigenvalue weighted by molar-refractivity contribution is -0.147. The van der Waals surface area contributed by atoms with E-state index in [2.05, 4.69) is 5.32 Å². The first-order chi connectivity index (χ1) is 10.5. The number of rotatable bonds is 4. The van der Waals surface area contributed by atoms with E-state index in [4.69, 9.17) is 4.74 Å². The highest BCUT2D eigenvalue weighted by atomic mass is 19.1. The van der Waals surface area contributed by atoms with Crippen molar-refractivity contribution in [2.75, 3.05) is 19.7 Å². The zero-order valence-corrected chi connectivity index (χ0v) is 12.2. The summed E-state index contributed by atoms with van der Waals surface area (Å²) in [4.78, 5) is 37.3. The van der Waals surface area contributed by atoms with Gasteiger partial charge in [-0.1, -0.05) is 12.1 Å². The van der Waals surface area contributed by atoms with E-state index >= 15 is 0 Å². The summed E-state index contributed by atoms with van der Waals surface area (Å²) in [5, 5.41) is 2.60. The van der Waals surface area contributed by atoms with Crippen molar-refractivity contribution in [1.29, 1.82) is 0 Å². The first kappa shape index (κ1) is 15.9. The molecule has 0 unspecified atom stereocenters. The van der Waals surface area contributed by atoms with Crippen LogP contribution in [-0.2, 0) is 14.3 Å². The molecule has 1 aromatic carbocycles. The largest absolute Gasteiger partial charge is 0.466 e. The van der Waals surface area contributed by atoms with Crippen LogP contribution in [0.5, 0.6) is 0 Å². The van der Waals surface area contributed by atoms with Gasteiger partial charge in [0.15, 0.2) is 0 Å². The van der Waals surface area contributed by atoms with Crippen molar-refractivity contribution in [2.45, 2.75) is 19.4 Å². The molecule has 1 N–H and O–H groups in total. The molecule has 22 heavy (non-hydrogen) atoms. The van der Waals surface area contributed by atoms with Gasteiger partial charge in [0.25, 0.3) is 5.91 Å². The Morgan fingerprint density at radius 3 is 2.82 bits per heavy atom. The van der Waals surface area contributed by atoms with Crippen molar-refractivity contribution >= 4 is 17.8 Å². The molecular formula is C15H17FN2O4. The van der Waals surface area contributed by atoms with Crippen LogP contribution in [0.4, 0.5) is 4.39 Å². The van der Waals surface area contributed by atoms with Gasteiger partial charge in [0, 0.05) is 13.1 Å². The highest BCUT2D eigenvalue weighted by Gasteiger charge is 2.36. The van der Waals surface area contributed by atoms with Gasteiger partial charge >= 0.3 is 5.97 Å². The molecule has 1 heterocycles. The number of hydrogen-bond donors (Lipinski definition) is 1. The second-order valence-corrected chi connectivity index (χ2v) is 4.79. The SMILES string of the molecule is CCOC(=O)C[C@H]1C(=O)NCCN1C(=O)c1ccccc1F. The number of carbonyl (C=O) groups excluding carboxylic acids is 3. The van der Waals surface area contributed by atoms with Gasteiger partial charge in [0.05, 0.1) is 18.6 Å². The number of carbonyl (C=O) groups is 3. The average Bonchev–Trinajstić information content (AvgIpc) is 2.49. The number of amides is 2. The zero-order valence-electron chi connectivity index (χ0n) is 12.2. The van der Waals surface area contributed by atoms with Crippen LogP contribution in [0.1, 0.15) is 23.7 Å². The van der Waals surface area contributed by atoms with E-state index in [-0.39, 0.29) is 31.7 Å². The molecule has 1 aliphatic rings. The molecule has 2 amide bonds. The number of hydrogen-bond acceptors (Lipinski definition) is 4. The standard InChI is InChI=1S/C15H17FN2O4/c1-2-22-13(19)9-12-14(20)17-7-8-18(12)15(21)10-5-3-4-6-11(10)16/h3-6,12H,2,7-9H2,1H3,(H,17,20)/t12-/m0/s1. The Kier molecular flexibility index (Phi) is 5.08. The van der Waals surface area contributed by atoms with E-state index in [9.17, 15) is 18.8 Å². The summed E-state index contributed by atoms with van der Waals surface area (Å²) in [6, 6.07) is 4.56. The molecule has 1 aromatic rings. The molecule has 7 heteroatoms. The Morgan fingerprint density at radius 2 is 2.14 bits per heavy atom. The lowest BCUT2D eigenvalue weighted by atomic mass is 10.1. The smallest absolute Gasteiger partial charge is 0.308 e. The molecular weight excluding hydrogens is 291 g/mol. The predicted octanol–water partition coefficient (Wildman–Crippen LogP) is 0.720. The van der Waals surface area contributed by atoms with Crippen molar-refractivity contribution < 1.29 is 23.5 Å². The van der Waals surface area contributed by atoms with Crippen molar-refractivity contribution in [1.82, 2.24) is 10.2 Å². The molecule has 0 aliphatic carbocycles. The lowest BCUT2D eigenvalue weighted by Crippen LogP contribution is -2.58. The zero-order chi connectivity index (χ0) is 16.1. The molecule has 118 valence electrons. The van der Waals surface area contributed by atoms with Gasteiger partial charge in [0.1, 0.15) is 11.9 Å². The first-order valence-electron chi connectivity index (χ1n) is 7.03. The minimum atomic E-state index is -0.986. The van der Waals surface area contributed by atoms with Crippen LogP contribution < -0.4 is 5.32 Å². The highest BCUT2D eigenvalue weighted by Crippen LogP contribution is 2.16. The Bertz CT molecular complexity index is 591. The maximum atomic E-state index is 13.8. The molecule has 0 radical (unpaired) electrons. The summed E-state index contributed by atoms with van der Waals surface area (Å²) in [6.45, 7) is 2.32. The van der Waals surface area contributed by atoms with Gasteiger partial charge in [-0.05, 0) is 19.1 Å². The fourth-order valence-electron chi connectivity index (χ4n) is 2.33. The third-order valence-electron chi connectivity index (χ3n) is 3.36. The van der Waals surface area contributed by atoms with Crippen LogP contribution in [0.25, 0.3) is 0 Å². The number of esters is 1. The van der Waals surface area contributed by atoms with Gasteiger partial charge in [0.2, 0.25) is 5.91 Å². The maximum absolute atomic E-state index is 13.8. The van der Waals surface area contributed by atoms with Crippen LogP contribution in [0.3, 0.4) is 0 Å². The van der Waals surface area contributed by atoms with Crippen molar-refractivity contribution in [2.24, 2.45) is 0 Å². The van der Waals surface area contributed by atoms with Crippen molar-refractivity contribution in [3.63, 3.8) is 0 Å². The second kappa shape index (κ2) is 7.02. The van der Waals surface area contributed by atoms with Crippen LogP contribution in [-0.4, -0.2) is 48.4 Å². The average molecular weight is 308 g/mol. The molecule has 0 spiro atoms. The van der Waals surface area contributed by atoms with Gasteiger partial charge in [-0.15, -0.1) is 0 Å². The monoisotopic (exact) mass is 308 g/mol. The molecule has 1 aliphatic heterocycles. The van der Waals surface area contributed by atoms with Crippen LogP contribution >= 0.6 is 0 Å². The van der Waals surface area contributed by atoms with Crippen LogP contribution in [0.2, 0.25) is 0 Å². The quantitative estimate of drug-likeness (QED) is 0.832. The molecule has 6 nitrogen and oxygen atoms in total. The minimum Gasteiger partial charge on any atom is -0.466 e. The number of piperazine rings is 1. The molecule has 2 rings (SSSR count). The Morgan fingerprint density at radius 1 is 1.41 bits per heavy atom. The first-order valence-corrected chi connectivity index (χ1v) is 7.03. The van der Waals surface area contributed by atoms with Crippen molar-refractivity contribution in [3.8, 4) is 0 Å². The number of nitrogens with one attached hydrogen (secondary N) is 1. The third-order valence-corrected chi connectivity index (χ3v) is 3.36. The van der Waals surface area contributed by atoms with Crippen molar-refractivity contribution in [3.05, 3.63) is 35.6 Å². The summed E-state index contributed by atoms with van der Waals surface area (Å²) < 4.78 is 18.6. The van der Waals surface area contributed by atoms with Gasteiger partial charge in [-0.2, -0.15) is 0 Å². The van der Waals surface area contributed by atoms with Crippen LogP contribution in [0.15, 0.2) is 24.3 Å². The number of benzene rings is 1. The number of halogens is 1. The normalized spacial score (nSPS) is 17.8. The van der Waals surface area contributed by atoms with Gasteiger partial charge in [-0.3, -0.25) is 14.4 Å². The van der Waals surface area contributed by atoms with Crippen LogP contribution in [0, 0.1) is 5.82 Å². The lowest BCUT2D eigenvalue weighted by Gasteiger charge is -2.34. The van der Waals surface area contributed by atoms with E-state index in [1.54, 1.807) is 13.0 Å². The predicted molar refractivity (Wildman–Crippen MR) is 75.5 cm³/mol. The number of ether oxygens (including phenoxy) is 1. The van der Waals surface area contributed by atoms with E-state index in [1.165, 1.54) is 23.1 Å².